The van der Waals surface area contributed by atoms with E-state index in [1.807, 2.05) is 19.1 Å². The summed E-state index contributed by atoms with van der Waals surface area (Å²) in [5.74, 6) is 2.46. The molecule has 3 heterocycles. The van der Waals surface area contributed by atoms with Crippen LogP contribution in [0.5, 0.6) is 0 Å². The van der Waals surface area contributed by atoms with E-state index in [0.717, 1.165) is 49.6 Å². The van der Waals surface area contributed by atoms with Gasteiger partial charge in [0.2, 0.25) is 5.95 Å². The lowest BCUT2D eigenvalue weighted by atomic mass is 10.3. The number of hydrogen-bond acceptors (Lipinski definition) is 6. The monoisotopic (exact) mass is 454 g/mol. The molecule has 0 atom stereocenters. The highest BCUT2D eigenvalue weighted by Gasteiger charge is 2.20. The summed E-state index contributed by atoms with van der Waals surface area (Å²) in [5, 5.41) is 3.37. The van der Waals surface area contributed by atoms with Crippen LogP contribution in [-0.4, -0.2) is 64.0 Å². The summed E-state index contributed by atoms with van der Waals surface area (Å²) in [6.07, 6.45) is 5.33. The quantitative estimate of drug-likeness (QED) is 0.423. The zero-order valence-corrected chi connectivity index (χ0v) is 16.8. The van der Waals surface area contributed by atoms with Crippen molar-refractivity contribution in [3.8, 4) is 0 Å². The van der Waals surface area contributed by atoms with Crippen molar-refractivity contribution < 1.29 is 0 Å². The van der Waals surface area contributed by atoms with E-state index in [4.69, 9.17) is 0 Å². The molecule has 0 amide bonds. The lowest BCUT2D eigenvalue weighted by Gasteiger charge is -2.36. The first kappa shape index (κ1) is 19.3. The van der Waals surface area contributed by atoms with Crippen molar-refractivity contribution in [2.45, 2.75) is 13.5 Å². The van der Waals surface area contributed by atoms with Crippen LogP contribution in [0.1, 0.15) is 11.5 Å². The third kappa shape index (κ3) is 5.21. The molecule has 0 aromatic carbocycles. The van der Waals surface area contributed by atoms with E-state index < -0.39 is 0 Å². The first-order valence-electron chi connectivity index (χ1n) is 8.02. The molecule has 134 valence electrons. The van der Waals surface area contributed by atoms with Gasteiger partial charge in [-0.1, -0.05) is 0 Å². The largest absolute Gasteiger partial charge is 0.351 e. The van der Waals surface area contributed by atoms with Crippen LogP contribution >= 0.6 is 24.0 Å². The minimum Gasteiger partial charge on any atom is -0.351 e. The second-order valence-electron chi connectivity index (χ2n) is 5.52. The van der Waals surface area contributed by atoms with Crippen LogP contribution in [0.15, 0.2) is 35.7 Å². The number of aliphatic imine (C=N–C) groups is 1. The molecule has 2 aromatic heterocycles. The Morgan fingerprint density at radius 2 is 1.84 bits per heavy atom. The van der Waals surface area contributed by atoms with Gasteiger partial charge in [0.15, 0.2) is 5.96 Å². The van der Waals surface area contributed by atoms with Crippen molar-refractivity contribution in [3.63, 3.8) is 0 Å². The molecule has 3 rings (SSSR count). The number of piperazine rings is 1. The van der Waals surface area contributed by atoms with Crippen LogP contribution in [-0.2, 0) is 6.54 Å². The Balaban J connectivity index is 0.00000225. The van der Waals surface area contributed by atoms with Gasteiger partial charge < -0.3 is 15.1 Å². The average Bonchev–Trinajstić information content (AvgIpc) is 2.64. The lowest BCUT2D eigenvalue weighted by molar-refractivity contribution is 0.370. The smallest absolute Gasteiger partial charge is 0.225 e. The molecule has 0 aliphatic carbocycles. The van der Waals surface area contributed by atoms with Gasteiger partial charge in [0.05, 0.1) is 12.2 Å². The fourth-order valence-corrected chi connectivity index (χ4v) is 2.68. The normalized spacial score (nSPS) is 14.9. The van der Waals surface area contributed by atoms with Gasteiger partial charge in [0.25, 0.3) is 0 Å². The van der Waals surface area contributed by atoms with Gasteiger partial charge in [0, 0.05) is 51.8 Å². The molecule has 1 fully saturated rings. The molecule has 1 aliphatic rings. The molecule has 0 bridgehead atoms. The van der Waals surface area contributed by atoms with Crippen molar-refractivity contribution in [1.29, 1.82) is 0 Å². The fraction of sp³-hybridized carbons (Fsp3) is 0.438. The summed E-state index contributed by atoms with van der Waals surface area (Å²) in [5.41, 5.74) is 0.958. The summed E-state index contributed by atoms with van der Waals surface area (Å²) in [6, 6.07) is 3.75. The van der Waals surface area contributed by atoms with Gasteiger partial charge >= 0.3 is 0 Å². The molecule has 0 radical (unpaired) electrons. The lowest BCUT2D eigenvalue weighted by Crippen LogP contribution is -2.52. The third-order valence-corrected chi connectivity index (χ3v) is 3.89. The summed E-state index contributed by atoms with van der Waals surface area (Å²) in [7, 11) is 1.81. The number of anilines is 1. The van der Waals surface area contributed by atoms with Gasteiger partial charge in [0.1, 0.15) is 5.82 Å². The van der Waals surface area contributed by atoms with Gasteiger partial charge in [-0.05, 0) is 19.1 Å². The number of nitrogens with zero attached hydrogens (tertiary/aromatic N) is 7. The van der Waals surface area contributed by atoms with Crippen LogP contribution in [0.25, 0.3) is 0 Å². The van der Waals surface area contributed by atoms with E-state index in [2.05, 4.69) is 40.0 Å². The standard InChI is InChI=1S/C16H22N8.HI/c1-13-18-7-4-14(22-13)12-21-15(17-2)23-8-10-24(11-9-23)16-19-5-3-6-20-16;/h3-7H,8-12H2,1-2H3,(H,17,21);1H. The molecule has 8 nitrogen and oxygen atoms in total. The fourth-order valence-electron chi connectivity index (χ4n) is 2.68. The van der Waals surface area contributed by atoms with Crippen molar-refractivity contribution in [2.24, 2.45) is 4.99 Å². The highest BCUT2D eigenvalue weighted by Crippen LogP contribution is 2.09. The zero-order valence-electron chi connectivity index (χ0n) is 14.5. The number of rotatable bonds is 3. The van der Waals surface area contributed by atoms with Crippen LogP contribution in [0.3, 0.4) is 0 Å². The highest BCUT2D eigenvalue weighted by atomic mass is 127. The summed E-state index contributed by atoms with van der Waals surface area (Å²) in [6.45, 7) is 6.03. The van der Waals surface area contributed by atoms with Gasteiger partial charge in [-0.25, -0.2) is 19.9 Å². The highest BCUT2D eigenvalue weighted by molar-refractivity contribution is 14.0. The van der Waals surface area contributed by atoms with Crippen LogP contribution in [0, 0.1) is 6.92 Å². The molecular weight excluding hydrogens is 431 g/mol. The second-order valence-corrected chi connectivity index (χ2v) is 5.52. The number of nitrogens with one attached hydrogen (secondary N) is 1. The van der Waals surface area contributed by atoms with Crippen molar-refractivity contribution >= 4 is 35.9 Å². The van der Waals surface area contributed by atoms with Crippen LogP contribution in [0.4, 0.5) is 5.95 Å². The van der Waals surface area contributed by atoms with E-state index in [9.17, 15) is 0 Å². The predicted octanol–water partition coefficient (Wildman–Crippen LogP) is 1.09. The number of aryl methyl sites for hydroxylation is 1. The number of guanidine groups is 1. The molecule has 9 heteroatoms. The minimum absolute atomic E-state index is 0. The Bertz CT molecular complexity index is 686. The van der Waals surface area contributed by atoms with E-state index in [1.165, 1.54) is 0 Å². The van der Waals surface area contributed by atoms with Crippen molar-refractivity contribution in [2.75, 3.05) is 38.1 Å². The van der Waals surface area contributed by atoms with Crippen LogP contribution in [0.2, 0.25) is 0 Å². The number of hydrogen-bond donors (Lipinski definition) is 1. The summed E-state index contributed by atoms with van der Waals surface area (Å²) in [4.78, 5) is 26.0. The summed E-state index contributed by atoms with van der Waals surface area (Å²) >= 11 is 0. The van der Waals surface area contributed by atoms with Gasteiger partial charge in [-0.2, -0.15) is 0 Å². The summed E-state index contributed by atoms with van der Waals surface area (Å²) < 4.78 is 0. The molecule has 2 aromatic rings. The van der Waals surface area contributed by atoms with Gasteiger partial charge in [-0.3, -0.25) is 4.99 Å². The Morgan fingerprint density at radius 1 is 1.12 bits per heavy atom. The Morgan fingerprint density at radius 3 is 2.48 bits per heavy atom. The molecule has 1 aliphatic heterocycles. The first-order chi connectivity index (χ1) is 11.8. The maximum absolute atomic E-state index is 4.40. The van der Waals surface area contributed by atoms with Gasteiger partial charge in [-0.15, -0.1) is 24.0 Å². The maximum atomic E-state index is 4.40. The van der Waals surface area contributed by atoms with E-state index >= 15 is 0 Å². The molecule has 0 unspecified atom stereocenters. The predicted molar refractivity (Wildman–Crippen MR) is 108 cm³/mol. The van der Waals surface area contributed by atoms with E-state index in [-0.39, 0.29) is 24.0 Å². The average molecular weight is 454 g/mol. The molecule has 25 heavy (non-hydrogen) atoms. The Hall–Kier alpha value is -2.04. The molecule has 1 saturated heterocycles. The topological polar surface area (TPSA) is 82.4 Å². The molecule has 0 spiro atoms. The van der Waals surface area contributed by atoms with E-state index in [1.54, 1.807) is 25.6 Å². The first-order valence-corrected chi connectivity index (χ1v) is 8.02. The maximum Gasteiger partial charge on any atom is 0.225 e. The zero-order chi connectivity index (χ0) is 16.8. The third-order valence-electron chi connectivity index (χ3n) is 3.89. The molecular formula is C16H23IN8. The van der Waals surface area contributed by atoms with Crippen molar-refractivity contribution in [1.82, 2.24) is 30.2 Å². The number of halogens is 1. The second kappa shape index (κ2) is 9.44. The SMILES string of the molecule is CN=C(NCc1ccnc(C)n1)N1CCN(c2ncccn2)CC1.I. The van der Waals surface area contributed by atoms with E-state index in [0.29, 0.717) is 6.54 Å². The van der Waals surface area contributed by atoms with Crippen molar-refractivity contribution in [3.05, 3.63) is 42.2 Å². The van der Waals surface area contributed by atoms with Crippen LogP contribution < -0.4 is 10.2 Å². The molecule has 0 saturated carbocycles. The Kier molecular flexibility index (Phi) is 7.29. The Labute approximate surface area is 164 Å². The number of aromatic nitrogens is 4. The minimum atomic E-state index is 0. The molecule has 1 N–H and O–H groups in total.